The zero-order valence-electron chi connectivity index (χ0n) is 18.7. The number of hydrogen-bond acceptors (Lipinski definition) is 5. The molecule has 1 aliphatic carbocycles. The van der Waals surface area contributed by atoms with Crippen molar-refractivity contribution in [1.82, 2.24) is 10.6 Å². The number of aryl methyl sites for hydroxylation is 1. The molecule has 1 atom stereocenters. The molecule has 0 radical (unpaired) electrons. The van der Waals surface area contributed by atoms with Gasteiger partial charge in [0.05, 0.1) is 0 Å². The van der Waals surface area contributed by atoms with E-state index in [4.69, 9.17) is 9.84 Å². The Bertz CT molecular complexity index is 1160. The van der Waals surface area contributed by atoms with Gasteiger partial charge in [0.15, 0.2) is 0 Å². The number of carboxylic acids is 1. The fourth-order valence-corrected chi connectivity index (χ4v) is 5.05. The van der Waals surface area contributed by atoms with E-state index in [9.17, 15) is 14.4 Å². The molecule has 1 unspecified atom stereocenters. The first-order valence-electron chi connectivity index (χ1n) is 11.1. The van der Waals surface area contributed by atoms with Crippen LogP contribution in [0.2, 0.25) is 0 Å². The number of nitrogens with one attached hydrogen (secondary N) is 2. The molecule has 0 saturated heterocycles. The maximum Gasteiger partial charge on any atom is 0.407 e. The van der Waals surface area contributed by atoms with Crippen molar-refractivity contribution < 1.29 is 24.2 Å². The first-order valence-corrected chi connectivity index (χ1v) is 12.0. The third-order valence-electron chi connectivity index (χ3n) is 6.01. The molecule has 0 aliphatic heterocycles. The third-order valence-corrected chi connectivity index (χ3v) is 6.92. The van der Waals surface area contributed by atoms with Crippen molar-refractivity contribution in [3.8, 4) is 11.1 Å². The molecule has 176 valence electrons. The molecular formula is C26H26N2O5S. The molecule has 34 heavy (non-hydrogen) atoms. The van der Waals surface area contributed by atoms with E-state index in [1.54, 1.807) is 11.3 Å². The normalized spacial score (nSPS) is 13.0. The zero-order chi connectivity index (χ0) is 24.1. The Morgan fingerprint density at radius 2 is 1.68 bits per heavy atom. The number of ether oxygens (including phenoxy) is 1. The molecular weight excluding hydrogens is 452 g/mol. The summed E-state index contributed by atoms with van der Waals surface area (Å²) in [6.07, 6.45) is -1.04. The van der Waals surface area contributed by atoms with E-state index in [0.717, 1.165) is 33.4 Å². The van der Waals surface area contributed by atoms with Gasteiger partial charge in [-0.2, -0.15) is 11.3 Å². The SMILES string of the molecule is Cc1cscc1CNC(=O)C(CCC(=O)O)NC(=O)OCC1c2ccccc2-c2ccccc21. The maximum absolute atomic E-state index is 12.7. The predicted molar refractivity (Wildman–Crippen MR) is 130 cm³/mol. The number of carbonyl (C=O) groups is 3. The Kier molecular flexibility index (Phi) is 7.27. The van der Waals surface area contributed by atoms with Crippen LogP contribution in [-0.4, -0.2) is 35.7 Å². The number of fused-ring (bicyclic) bond motifs is 3. The molecule has 3 aromatic rings. The molecule has 0 fully saturated rings. The van der Waals surface area contributed by atoms with Crippen LogP contribution in [0.4, 0.5) is 4.79 Å². The smallest absolute Gasteiger partial charge is 0.407 e. The number of thiophene rings is 1. The number of alkyl carbamates (subject to hydrolysis) is 1. The lowest BCUT2D eigenvalue weighted by Gasteiger charge is -2.19. The van der Waals surface area contributed by atoms with Crippen LogP contribution in [0.3, 0.4) is 0 Å². The Morgan fingerprint density at radius 1 is 1.03 bits per heavy atom. The number of benzene rings is 2. The Labute approximate surface area is 201 Å². The van der Waals surface area contributed by atoms with Crippen LogP contribution in [-0.2, 0) is 20.9 Å². The maximum atomic E-state index is 12.7. The number of carboxylic acid groups (broad SMARTS) is 1. The van der Waals surface area contributed by atoms with Crippen LogP contribution < -0.4 is 10.6 Å². The fraction of sp³-hybridized carbons (Fsp3) is 0.269. The topological polar surface area (TPSA) is 105 Å². The summed E-state index contributed by atoms with van der Waals surface area (Å²) < 4.78 is 5.52. The largest absolute Gasteiger partial charge is 0.481 e. The Balaban J connectivity index is 1.39. The number of hydrogen-bond donors (Lipinski definition) is 3. The lowest BCUT2D eigenvalue weighted by atomic mass is 9.98. The monoisotopic (exact) mass is 478 g/mol. The van der Waals surface area contributed by atoms with Crippen LogP contribution in [0, 0.1) is 6.92 Å². The van der Waals surface area contributed by atoms with Crippen LogP contribution in [0.15, 0.2) is 59.3 Å². The van der Waals surface area contributed by atoms with E-state index < -0.39 is 24.0 Å². The molecule has 8 heteroatoms. The highest BCUT2D eigenvalue weighted by atomic mass is 32.1. The predicted octanol–water partition coefficient (Wildman–Crippen LogP) is 4.44. The highest BCUT2D eigenvalue weighted by molar-refractivity contribution is 7.08. The van der Waals surface area contributed by atoms with Gasteiger partial charge in [-0.3, -0.25) is 9.59 Å². The quantitative estimate of drug-likeness (QED) is 0.422. The van der Waals surface area contributed by atoms with Crippen molar-refractivity contribution in [1.29, 1.82) is 0 Å². The molecule has 1 aliphatic rings. The minimum Gasteiger partial charge on any atom is -0.481 e. The third kappa shape index (κ3) is 5.28. The van der Waals surface area contributed by atoms with Gasteiger partial charge >= 0.3 is 12.1 Å². The Morgan fingerprint density at radius 3 is 2.26 bits per heavy atom. The van der Waals surface area contributed by atoms with E-state index in [1.807, 2.05) is 54.1 Å². The lowest BCUT2D eigenvalue weighted by Crippen LogP contribution is -2.47. The second kappa shape index (κ2) is 10.5. The highest BCUT2D eigenvalue weighted by Crippen LogP contribution is 2.44. The molecule has 2 amide bonds. The fourth-order valence-electron chi connectivity index (χ4n) is 4.19. The van der Waals surface area contributed by atoms with Gasteiger partial charge in [0.25, 0.3) is 0 Å². The van der Waals surface area contributed by atoms with Gasteiger partial charge in [0.2, 0.25) is 5.91 Å². The van der Waals surface area contributed by atoms with Crippen LogP contribution in [0.25, 0.3) is 11.1 Å². The second-order valence-corrected chi connectivity index (χ2v) is 9.00. The minimum absolute atomic E-state index is 0.0337. The molecule has 0 saturated carbocycles. The minimum atomic E-state index is -1.04. The van der Waals surface area contributed by atoms with Crippen molar-refractivity contribution in [2.45, 2.75) is 38.3 Å². The molecule has 7 nitrogen and oxygen atoms in total. The molecule has 2 aromatic carbocycles. The summed E-state index contributed by atoms with van der Waals surface area (Å²) in [5.74, 6) is -1.59. The van der Waals surface area contributed by atoms with Crippen molar-refractivity contribution in [2.75, 3.05) is 6.61 Å². The molecule has 0 spiro atoms. The van der Waals surface area contributed by atoms with Crippen molar-refractivity contribution in [3.05, 3.63) is 81.5 Å². The van der Waals surface area contributed by atoms with Crippen LogP contribution >= 0.6 is 11.3 Å². The van der Waals surface area contributed by atoms with Gasteiger partial charge in [-0.15, -0.1) is 0 Å². The van der Waals surface area contributed by atoms with Gasteiger partial charge in [0, 0.05) is 18.9 Å². The molecule has 3 N–H and O–H groups in total. The van der Waals surface area contributed by atoms with Crippen molar-refractivity contribution in [2.24, 2.45) is 0 Å². The standard InChI is InChI=1S/C26H26N2O5S/c1-16-14-34-15-17(16)12-27-25(31)23(10-11-24(29)30)28-26(32)33-13-22-20-8-4-2-6-18(20)19-7-3-5-9-21(19)22/h2-9,14-15,22-23H,10-13H2,1H3,(H,27,31)(H,28,32)(H,29,30). The first-order chi connectivity index (χ1) is 16.4. The van der Waals surface area contributed by atoms with E-state index in [1.165, 1.54) is 0 Å². The van der Waals surface area contributed by atoms with Gasteiger partial charge in [0.1, 0.15) is 12.6 Å². The summed E-state index contributed by atoms with van der Waals surface area (Å²) >= 11 is 1.54. The summed E-state index contributed by atoms with van der Waals surface area (Å²) in [6, 6.07) is 15.0. The summed E-state index contributed by atoms with van der Waals surface area (Å²) in [7, 11) is 0. The van der Waals surface area contributed by atoms with E-state index in [-0.39, 0.29) is 25.4 Å². The molecule has 0 bridgehead atoms. The summed E-state index contributed by atoms with van der Waals surface area (Å²) in [4.78, 5) is 36.4. The lowest BCUT2D eigenvalue weighted by molar-refractivity contribution is -0.137. The summed E-state index contributed by atoms with van der Waals surface area (Å²) in [5, 5.41) is 18.3. The number of aliphatic carboxylic acids is 1. The zero-order valence-corrected chi connectivity index (χ0v) is 19.6. The number of rotatable bonds is 9. The first kappa shape index (κ1) is 23.5. The summed E-state index contributed by atoms with van der Waals surface area (Å²) in [5.41, 5.74) is 6.46. The highest BCUT2D eigenvalue weighted by Gasteiger charge is 2.30. The number of amides is 2. The number of carbonyl (C=O) groups excluding carboxylic acids is 2. The van der Waals surface area contributed by atoms with Crippen molar-refractivity contribution in [3.63, 3.8) is 0 Å². The van der Waals surface area contributed by atoms with E-state index in [0.29, 0.717) is 6.54 Å². The van der Waals surface area contributed by atoms with Gasteiger partial charge in [-0.25, -0.2) is 4.79 Å². The van der Waals surface area contributed by atoms with Gasteiger partial charge in [-0.05, 0) is 57.5 Å². The average Bonchev–Trinajstić information content (AvgIpc) is 3.39. The molecule has 4 rings (SSSR count). The van der Waals surface area contributed by atoms with Crippen LogP contribution in [0.5, 0.6) is 0 Å². The molecule has 1 aromatic heterocycles. The Hall–Kier alpha value is -3.65. The second-order valence-electron chi connectivity index (χ2n) is 8.25. The molecule has 1 heterocycles. The average molecular weight is 479 g/mol. The summed E-state index contributed by atoms with van der Waals surface area (Å²) in [6.45, 7) is 2.38. The van der Waals surface area contributed by atoms with E-state index in [2.05, 4.69) is 22.8 Å². The van der Waals surface area contributed by atoms with Gasteiger partial charge in [-0.1, -0.05) is 48.5 Å². The van der Waals surface area contributed by atoms with Gasteiger partial charge < -0.3 is 20.5 Å². The van der Waals surface area contributed by atoms with Crippen LogP contribution in [0.1, 0.15) is 41.0 Å². The van der Waals surface area contributed by atoms with E-state index >= 15 is 0 Å². The van der Waals surface area contributed by atoms with Crippen molar-refractivity contribution >= 4 is 29.3 Å².